The van der Waals surface area contributed by atoms with E-state index < -0.39 is 0 Å². The summed E-state index contributed by atoms with van der Waals surface area (Å²) >= 11 is 12.0. The Hall–Kier alpha value is -1.79. The Bertz CT molecular complexity index is 822. The standard InChI is InChI=1S/C16H20Cl2N2O.C8H17NO.FH/c1-4-5-6-9-21-16-11(2)12(3)20(19-16)13-7-8-14(17)15(18)10-13;1-4-6-9(7-5-2)8(3)10;/h7-8,10H,4-6,9H2,1-3H3;4-7H2,1-3H3;1H. The number of rotatable bonds is 10. The molecule has 32 heavy (non-hydrogen) atoms. The number of aromatic nitrogens is 2. The van der Waals surface area contributed by atoms with E-state index in [0.29, 0.717) is 22.5 Å². The van der Waals surface area contributed by atoms with Crippen molar-refractivity contribution in [2.45, 2.75) is 73.6 Å². The number of halogens is 3. The molecule has 0 aliphatic carbocycles. The van der Waals surface area contributed by atoms with Gasteiger partial charge in [-0.2, -0.15) is 0 Å². The molecular formula is C24H38Cl2FN3O2. The van der Waals surface area contributed by atoms with Gasteiger partial charge in [0.15, 0.2) is 0 Å². The summed E-state index contributed by atoms with van der Waals surface area (Å²) in [6.07, 6.45) is 5.51. The van der Waals surface area contributed by atoms with Crippen molar-refractivity contribution < 1.29 is 14.2 Å². The lowest BCUT2D eigenvalue weighted by Gasteiger charge is -2.18. The molecule has 0 saturated carbocycles. The van der Waals surface area contributed by atoms with E-state index in [9.17, 15) is 4.79 Å². The lowest BCUT2D eigenvalue weighted by Crippen LogP contribution is -2.29. The minimum atomic E-state index is 0. The molecule has 0 aliphatic heterocycles. The van der Waals surface area contributed by atoms with Gasteiger partial charge in [0.2, 0.25) is 11.8 Å². The molecule has 8 heteroatoms. The molecule has 2 aromatic rings. The molecule has 1 amide bonds. The molecule has 0 N–H and O–H groups in total. The molecule has 182 valence electrons. The van der Waals surface area contributed by atoms with Gasteiger partial charge in [-0.1, -0.05) is 56.8 Å². The zero-order chi connectivity index (χ0) is 23.4. The Morgan fingerprint density at radius 3 is 2.16 bits per heavy atom. The molecular weight excluding hydrogens is 452 g/mol. The molecule has 0 radical (unpaired) electrons. The van der Waals surface area contributed by atoms with Gasteiger partial charge >= 0.3 is 0 Å². The average Bonchev–Trinajstić information content (AvgIpc) is 3.02. The van der Waals surface area contributed by atoms with Crippen molar-refractivity contribution in [2.75, 3.05) is 19.7 Å². The normalized spacial score (nSPS) is 10.1. The van der Waals surface area contributed by atoms with Crippen LogP contribution in [0.5, 0.6) is 5.88 Å². The average molecular weight is 490 g/mol. The predicted octanol–water partition coefficient (Wildman–Crippen LogP) is 7.17. The van der Waals surface area contributed by atoms with E-state index in [1.54, 1.807) is 13.0 Å². The summed E-state index contributed by atoms with van der Waals surface area (Å²) in [4.78, 5) is 12.7. The number of hydrogen-bond acceptors (Lipinski definition) is 3. The zero-order valence-electron chi connectivity index (χ0n) is 20.2. The first-order valence-electron chi connectivity index (χ1n) is 11.2. The molecule has 0 fully saturated rings. The topological polar surface area (TPSA) is 47.4 Å². The first-order valence-corrected chi connectivity index (χ1v) is 11.9. The highest BCUT2D eigenvalue weighted by atomic mass is 35.5. The molecule has 5 nitrogen and oxygen atoms in total. The third-order valence-electron chi connectivity index (χ3n) is 4.94. The number of carbonyl (C=O) groups is 1. The Kier molecular flexibility index (Phi) is 15.0. The van der Waals surface area contributed by atoms with E-state index >= 15 is 0 Å². The van der Waals surface area contributed by atoms with Crippen LogP contribution in [0.3, 0.4) is 0 Å². The number of ether oxygens (including phenoxy) is 1. The predicted molar refractivity (Wildman–Crippen MR) is 133 cm³/mol. The van der Waals surface area contributed by atoms with Crippen LogP contribution >= 0.6 is 23.2 Å². The first kappa shape index (κ1) is 30.2. The van der Waals surface area contributed by atoms with Gasteiger partial charge in [0, 0.05) is 31.3 Å². The summed E-state index contributed by atoms with van der Waals surface area (Å²) in [5.74, 6) is 0.887. The fourth-order valence-electron chi connectivity index (χ4n) is 3.05. The van der Waals surface area contributed by atoms with Crippen molar-refractivity contribution in [3.8, 4) is 11.6 Å². The maximum Gasteiger partial charge on any atom is 0.236 e. The molecule has 0 atom stereocenters. The van der Waals surface area contributed by atoms with Gasteiger partial charge in [0.1, 0.15) is 0 Å². The van der Waals surface area contributed by atoms with E-state index in [1.807, 2.05) is 35.6 Å². The second-order valence-electron chi connectivity index (χ2n) is 7.59. The second-order valence-corrected chi connectivity index (χ2v) is 8.40. The maximum absolute atomic E-state index is 10.8. The highest BCUT2D eigenvalue weighted by molar-refractivity contribution is 6.42. The van der Waals surface area contributed by atoms with Gasteiger partial charge in [0.25, 0.3) is 0 Å². The van der Waals surface area contributed by atoms with Crippen LogP contribution < -0.4 is 4.74 Å². The quantitative estimate of drug-likeness (QED) is 0.332. The van der Waals surface area contributed by atoms with E-state index in [-0.39, 0.29) is 10.6 Å². The SMILES string of the molecule is CCCCCOc1nn(-c2ccc(Cl)c(Cl)c2)c(C)c1C.CCCN(CCC)C(C)=O.F. The van der Waals surface area contributed by atoms with Crippen molar-refractivity contribution in [1.29, 1.82) is 0 Å². The first-order chi connectivity index (χ1) is 14.8. The molecule has 0 bridgehead atoms. The van der Waals surface area contributed by atoms with Gasteiger partial charge in [-0.25, -0.2) is 4.68 Å². The third kappa shape index (κ3) is 9.37. The lowest BCUT2D eigenvalue weighted by molar-refractivity contribution is -0.128. The number of carbonyl (C=O) groups excluding carboxylic acids is 1. The molecule has 1 aromatic carbocycles. The van der Waals surface area contributed by atoms with Crippen LogP contribution in [-0.4, -0.2) is 40.3 Å². The summed E-state index contributed by atoms with van der Waals surface area (Å²) in [7, 11) is 0. The van der Waals surface area contributed by atoms with Crippen LogP contribution in [-0.2, 0) is 4.79 Å². The van der Waals surface area contributed by atoms with Gasteiger partial charge in [-0.3, -0.25) is 9.50 Å². The van der Waals surface area contributed by atoms with Crippen molar-refractivity contribution in [1.82, 2.24) is 14.7 Å². The van der Waals surface area contributed by atoms with Crippen LogP contribution in [0.4, 0.5) is 4.70 Å². The molecule has 0 unspecified atom stereocenters. The maximum atomic E-state index is 10.8. The Morgan fingerprint density at radius 2 is 1.66 bits per heavy atom. The smallest absolute Gasteiger partial charge is 0.236 e. The fraction of sp³-hybridized carbons (Fsp3) is 0.583. The van der Waals surface area contributed by atoms with Gasteiger partial charge in [-0.05, 0) is 51.3 Å². The molecule has 0 aliphatic rings. The molecule has 1 aromatic heterocycles. The third-order valence-corrected chi connectivity index (χ3v) is 5.68. The largest absolute Gasteiger partial charge is 0.476 e. The molecule has 1 heterocycles. The van der Waals surface area contributed by atoms with Gasteiger partial charge in [0.05, 0.1) is 22.3 Å². The summed E-state index contributed by atoms with van der Waals surface area (Å²) < 4.78 is 7.62. The molecule has 0 saturated heterocycles. The van der Waals surface area contributed by atoms with E-state index in [2.05, 4.69) is 25.9 Å². The highest BCUT2D eigenvalue weighted by Gasteiger charge is 2.14. The van der Waals surface area contributed by atoms with Crippen molar-refractivity contribution in [3.05, 3.63) is 39.5 Å². The summed E-state index contributed by atoms with van der Waals surface area (Å²) in [5, 5.41) is 5.60. The van der Waals surface area contributed by atoms with Crippen LogP contribution in [0.15, 0.2) is 18.2 Å². The highest BCUT2D eigenvalue weighted by Crippen LogP contribution is 2.28. The summed E-state index contributed by atoms with van der Waals surface area (Å²) in [6, 6.07) is 5.48. The number of amides is 1. The van der Waals surface area contributed by atoms with Crippen LogP contribution in [0, 0.1) is 13.8 Å². The Labute approximate surface area is 202 Å². The number of nitrogens with zero attached hydrogens (tertiary/aromatic N) is 3. The summed E-state index contributed by atoms with van der Waals surface area (Å²) in [5.41, 5.74) is 2.98. The Morgan fingerprint density at radius 1 is 1.03 bits per heavy atom. The molecule has 2 rings (SSSR count). The van der Waals surface area contributed by atoms with Crippen molar-refractivity contribution in [2.24, 2.45) is 0 Å². The van der Waals surface area contributed by atoms with Crippen LogP contribution in [0.1, 0.15) is 71.1 Å². The minimum absolute atomic E-state index is 0. The summed E-state index contributed by atoms with van der Waals surface area (Å²) in [6.45, 7) is 14.5. The van der Waals surface area contributed by atoms with E-state index in [1.165, 1.54) is 12.8 Å². The monoisotopic (exact) mass is 489 g/mol. The van der Waals surface area contributed by atoms with Crippen LogP contribution in [0.2, 0.25) is 10.0 Å². The van der Waals surface area contributed by atoms with E-state index in [0.717, 1.165) is 49.3 Å². The number of unbranched alkanes of at least 4 members (excludes halogenated alkanes) is 2. The Balaban J connectivity index is 0.000000747. The van der Waals surface area contributed by atoms with E-state index in [4.69, 9.17) is 27.9 Å². The van der Waals surface area contributed by atoms with Gasteiger partial charge in [-0.15, -0.1) is 5.10 Å². The molecule has 0 spiro atoms. The fourth-order valence-corrected chi connectivity index (χ4v) is 3.34. The zero-order valence-corrected chi connectivity index (χ0v) is 21.7. The van der Waals surface area contributed by atoms with Crippen LogP contribution in [0.25, 0.3) is 5.69 Å². The number of hydrogen-bond donors (Lipinski definition) is 0. The second kappa shape index (κ2) is 15.9. The van der Waals surface area contributed by atoms with Crippen molar-refractivity contribution >= 4 is 29.1 Å². The minimum Gasteiger partial charge on any atom is -0.476 e. The number of benzene rings is 1. The van der Waals surface area contributed by atoms with Gasteiger partial charge < -0.3 is 9.64 Å². The lowest BCUT2D eigenvalue weighted by atomic mass is 10.2. The van der Waals surface area contributed by atoms with Crippen molar-refractivity contribution in [3.63, 3.8) is 0 Å².